The van der Waals surface area contributed by atoms with Crippen molar-refractivity contribution in [3.05, 3.63) is 33.4 Å². The lowest BCUT2D eigenvalue weighted by Gasteiger charge is -1.99. The molecule has 0 aliphatic carbocycles. The summed E-state index contributed by atoms with van der Waals surface area (Å²) in [6.45, 7) is 0.0595. The van der Waals surface area contributed by atoms with Gasteiger partial charge in [0.1, 0.15) is 0 Å². The Kier molecular flexibility index (Phi) is 4.61. The van der Waals surface area contributed by atoms with Gasteiger partial charge >= 0.3 is 0 Å². The van der Waals surface area contributed by atoms with Gasteiger partial charge in [-0.25, -0.2) is 5.11 Å². The van der Waals surface area contributed by atoms with Crippen LogP contribution >= 0.6 is 22.6 Å². The second kappa shape index (κ2) is 5.54. The van der Waals surface area contributed by atoms with Crippen LogP contribution in [0, 0.1) is 3.57 Å². The molecule has 0 unspecified atom stereocenters. The Bertz CT molecular complexity index is 235. The Morgan fingerprint density at radius 3 is 2.75 bits per heavy atom. The number of halogens is 1. The summed E-state index contributed by atoms with van der Waals surface area (Å²) in [5.74, 6) is 0. The van der Waals surface area contributed by atoms with E-state index in [1.54, 1.807) is 0 Å². The molecule has 0 amide bonds. The molecular formula is C10H12IO. The Balaban J connectivity index is 2.41. The first kappa shape index (κ1) is 9.99. The summed E-state index contributed by atoms with van der Waals surface area (Å²) in [5, 5.41) is 10.2. The van der Waals surface area contributed by atoms with Gasteiger partial charge in [0.25, 0.3) is 0 Å². The largest absolute Gasteiger partial charge is 0.237 e. The van der Waals surface area contributed by atoms with Crippen molar-refractivity contribution < 1.29 is 5.11 Å². The van der Waals surface area contributed by atoms with Crippen molar-refractivity contribution in [2.45, 2.75) is 19.3 Å². The maximum atomic E-state index is 10.2. The molecule has 1 aromatic rings. The van der Waals surface area contributed by atoms with Gasteiger partial charge < -0.3 is 0 Å². The third-order valence-electron chi connectivity index (χ3n) is 1.75. The van der Waals surface area contributed by atoms with Gasteiger partial charge in [-0.05, 0) is 59.5 Å². The first-order valence-electron chi connectivity index (χ1n) is 4.15. The molecule has 0 fully saturated rings. The number of hydrogen-bond acceptors (Lipinski definition) is 0. The van der Waals surface area contributed by atoms with Crippen molar-refractivity contribution in [3.63, 3.8) is 0 Å². The third-order valence-corrected chi connectivity index (χ3v) is 2.42. The molecule has 0 saturated heterocycles. The summed E-state index contributed by atoms with van der Waals surface area (Å²) in [4.78, 5) is 0. The van der Waals surface area contributed by atoms with E-state index >= 15 is 0 Å². The van der Waals surface area contributed by atoms with E-state index in [1.807, 2.05) is 0 Å². The fraction of sp³-hybridized carbons (Fsp3) is 0.400. The van der Waals surface area contributed by atoms with Crippen LogP contribution in [0.3, 0.4) is 0 Å². The average Bonchev–Trinajstić information content (AvgIpc) is 2.05. The number of rotatable bonds is 4. The lowest BCUT2D eigenvalue weighted by atomic mass is 10.1. The number of aryl methyl sites for hydroxylation is 1. The van der Waals surface area contributed by atoms with Gasteiger partial charge in [-0.2, -0.15) is 0 Å². The van der Waals surface area contributed by atoms with Gasteiger partial charge in [0.2, 0.25) is 0 Å². The predicted molar refractivity (Wildman–Crippen MR) is 57.7 cm³/mol. The number of hydrogen-bond donors (Lipinski definition) is 0. The van der Waals surface area contributed by atoms with E-state index in [9.17, 15) is 5.11 Å². The quantitative estimate of drug-likeness (QED) is 0.594. The smallest absolute Gasteiger partial charge is 0.0822 e. The van der Waals surface area contributed by atoms with Crippen LogP contribution in [0.4, 0.5) is 0 Å². The van der Waals surface area contributed by atoms with Gasteiger partial charge in [0.05, 0.1) is 6.61 Å². The van der Waals surface area contributed by atoms with Crippen molar-refractivity contribution in [2.24, 2.45) is 0 Å². The third kappa shape index (κ3) is 3.54. The average molecular weight is 275 g/mol. The molecule has 65 valence electrons. The van der Waals surface area contributed by atoms with Gasteiger partial charge in [0.15, 0.2) is 0 Å². The van der Waals surface area contributed by atoms with Gasteiger partial charge in [-0.15, -0.1) is 0 Å². The summed E-state index contributed by atoms with van der Waals surface area (Å²) in [5.41, 5.74) is 1.34. The molecule has 0 atom stereocenters. The Morgan fingerprint density at radius 1 is 1.25 bits per heavy atom. The van der Waals surface area contributed by atoms with E-state index in [2.05, 4.69) is 46.9 Å². The Morgan fingerprint density at radius 2 is 2.08 bits per heavy atom. The highest BCUT2D eigenvalue weighted by atomic mass is 127. The van der Waals surface area contributed by atoms with Crippen molar-refractivity contribution in [2.75, 3.05) is 6.61 Å². The number of benzene rings is 1. The minimum absolute atomic E-state index is 0.0595. The van der Waals surface area contributed by atoms with E-state index in [0.29, 0.717) is 0 Å². The normalized spacial score (nSPS) is 10.2. The molecule has 0 N–H and O–H groups in total. The Labute approximate surface area is 86.9 Å². The molecule has 1 nitrogen and oxygen atoms in total. The SMILES string of the molecule is [O]CCCCc1cccc(I)c1. The molecule has 1 aromatic carbocycles. The van der Waals surface area contributed by atoms with Crippen LogP contribution in [-0.2, 0) is 11.5 Å². The highest BCUT2D eigenvalue weighted by molar-refractivity contribution is 14.1. The summed E-state index contributed by atoms with van der Waals surface area (Å²) in [7, 11) is 0. The van der Waals surface area contributed by atoms with Gasteiger partial charge in [-0.3, -0.25) is 0 Å². The standard InChI is InChI=1S/C10H12IO/c11-10-6-3-5-9(8-10)4-1-2-7-12/h3,5-6,8H,1-2,4,7H2. The maximum absolute atomic E-state index is 10.2. The van der Waals surface area contributed by atoms with Crippen LogP contribution in [0.1, 0.15) is 18.4 Å². The number of unbranched alkanes of at least 4 members (excludes halogenated alkanes) is 1. The van der Waals surface area contributed by atoms with Gasteiger partial charge in [-0.1, -0.05) is 12.1 Å². The van der Waals surface area contributed by atoms with Crippen molar-refractivity contribution in [3.8, 4) is 0 Å². The molecular weight excluding hydrogens is 263 g/mol. The zero-order valence-electron chi connectivity index (χ0n) is 6.92. The minimum atomic E-state index is 0.0595. The van der Waals surface area contributed by atoms with Crippen LogP contribution in [0.5, 0.6) is 0 Å². The summed E-state index contributed by atoms with van der Waals surface area (Å²) < 4.78 is 1.27. The van der Waals surface area contributed by atoms with E-state index in [1.165, 1.54) is 9.13 Å². The topological polar surface area (TPSA) is 19.9 Å². The molecule has 1 rings (SSSR count). The fourth-order valence-electron chi connectivity index (χ4n) is 1.12. The van der Waals surface area contributed by atoms with Crippen LogP contribution in [0.2, 0.25) is 0 Å². The van der Waals surface area contributed by atoms with E-state index < -0.39 is 0 Å². The molecule has 0 heterocycles. The maximum Gasteiger partial charge on any atom is 0.0822 e. The molecule has 1 radical (unpaired) electrons. The van der Waals surface area contributed by atoms with Crippen molar-refractivity contribution in [1.82, 2.24) is 0 Å². The zero-order valence-corrected chi connectivity index (χ0v) is 9.08. The molecule has 2 heteroatoms. The summed E-state index contributed by atoms with van der Waals surface area (Å²) in [6.07, 6.45) is 2.86. The lowest BCUT2D eigenvalue weighted by Crippen LogP contribution is -1.88. The first-order valence-corrected chi connectivity index (χ1v) is 5.23. The summed E-state index contributed by atoms with van der Waals surface area (Å²) >= 11 is 2.30. The molecule has 12 heavy (non-hydrogen) atoms. The van der Waals surface area contributed by atoms with Crippen LogP contribution in [0.25, 0.3) is 0 Å². The van der Waals surface area contributed by atoms with E-state index in [-0.39, 0.29) is 6.61 Å². The molecule has 0 aliphatic heterocycles. The molecule has 0 aromatic heterocycles. The minimum Gasteiger partial charge on any atom is -0.237 e. The fourth-order valence-corrected chi connectivity index (χ4v) is 1.73. The highest BCUT2D eigenvalue weighted by Gasteiger charge is 1.93. The second-order valence-electron chi connectivity index (χ2n) is 2.79. The Hall–Kier alpha value is -0.0900. The summed E-state index contributed by atoms with van der Waals surface area (Å²) in [6, 6.07) is 8.43. The predicted octanol–water partition coefficient (Wildman–Crippen LogP) is 3.04. The van der Waals surface area contributed by atoms with Crippen molar-refractivity contribution in [1.29, 1.82) is 0 Å². The van der Waals surface area contributed by atoms with Crippen LogP contribution in [0.15, 0.2) is 24.3 Å². The second-order valence-corrected chi connectivity index (χ2v) is 4.04. The molecule has 0 bridgehead atoms. The van der Waals surface area contributed by atoms with E-state index in [0.717, 1.165) is 19.3 Å². The van der Waals surface area contributed by atoms with Crippen molar-refractivity contribution >= 4 is 22.6 Å². The first-order chi connectivity index (χ1) is 5.83. The molecule has 0 spiro atoms. The molecule has 0 aliphatic rings. The zero-order chi connectivity index (χ0) is 8.81. The van der Waals surface area contributed by atoms with Crippen LogP contribution in [-0.4, -0.2) is 6.61 Å². The van der Waals surface area contributed by atoms with Crippen LogP contribution < -0.4 is 0 Å². The lowest BCUT2D eigenvalue weighted by molar-refractivity contribution is 0.187. The molecule has 0 saturated carbocycles. The highest BCUT2D eigenvalue weighted by Crippen LogP contribution is 2.10. The van der Waals surface area contributed by atoms with Gasteiger partial charge in [0, 0.05) is 3.57 Å². The monoisotopic (exact) mass is 275 g/mol. The van der Waals surface area contributed by atoms with E-state index in [4.69, 9.17) is 0 Å².